The second kappa shape index (κ2) is 7.23. The minimum absolute atomic E-state index is 0.0327. The van der Waals surface area contributed by atoms with E-state index in [-0.39, 0.29) is 12.5 Å². The maximum absolute atomic E-state index is 11.8. The highest BCUT2D eigenvalue weighted by Gasteiger charge is 2.17. The summed E-state index contributed by atoms with van der Waals surface area (Å²) in [6, 6.07) is 0.361. The second-order valence-electron chi connectivity index (χ2n) is 5.20. The molecule has 0 bridgehead atoms. The van der Waals surface area contributed by atoms with Crippen molar-refractivity contribution >= 4 is 5.91 Å². The molecule has 0 spiro atoms. The molecular formula is C13H23N5O. The van der Waals surface area contributed by atoms with Crippen LogP contribution in [0.1, 0.15) is 44.2 Å². The van der Waals surface area contributed by atoms with Crippen molar-refractivity contribution in [3.05, 3.63) is 11.9 Å². The summed E-state index contributed by atoms with van der Waals surface area (Å²) in [7, 11) is 0. The molecule has 1 saturated carbocycles. The van der Waals surface area contributed by atoms with Crippen molar-refractivity contribution in [1.82, 2.24) is 20.3 Å². The molecule has 1 aliphatic carbocycles. The molecule has 106 valence electrons. The van der Waals surface area contributed by atoms with Crippen LogP contribution in [0.25, 0.3) is 0 Å². The summed E-state index contributed by atoms with van der Waals surface area (Å²) < 4.78 is 1.61. The van der Waals surface area contributed by atoms with E-state index in [4.69, 9.17) is 5.73 Å². The van der Waals surface area contributed by atoms with Gasteiger partial charge in [-0.15, -0.1) is 5.10 Å². The van der Waals surface area contributed by atoms with E-state index in [2.05, 4.69) is 15.6 Å². The van der Waals surface area contributed by atoms with Crippen molar-refractivity contribution < 1.29 is 4.79 Å². The van der Waals surface area contributed by atoms with Crippen LogP contribution in [0.5, 0.6) is 0 Å². The normalized spacial score (nSPS) is 15.8. The number of aryl methyl sites for hydroxylation is 1. The Bertz CT molecular complexity index is 397. The molecule has 0 saturated heterocycles. The van der Waals surface area contributed by atoms with Gasteiger partial charge < -0.3 is 11.1 Å². The monoisotopic (exact) mass is 265 g/mol. The third kappa shape index (κ3) is 4.63. The lowest BCUT2D eigenvalue weighted by molar-refractivity contribution is -0.122. The van der Waals surface area contributed by atoms with Crippen LogP contribution in [0.2, 0.25) is 0 Å². The first-order valence-electron chi connectivity index (χ1n) is 7.16. The van der Waals surface area contributed by atoms with Crippen LogP contribution < -0.4 is 11.1 Å². The van der Waals surface area contributed by atoms with E-state index in [9.17, 15) is 4.79 Å². The predicted octanol–water partition coefficient (Wildman–Crippen LogP) is 0.618. The molecule has 0 atom stereocenters. The molecule has 1 amide bonds. The SMILES string of the molecule is NCCCCc1cn(CC(=O)NC2CCCC2)nn1. The van der Waals surface area contributed by atoms with Crippen LogP contribution in [-0.4, -0.2) is 33.5 Å². The van der Waals surface area contributed by atoms with Gasteiger partial charge in [-0.2, -0.15) is 0 Å². The van der Waals surface area contributed by atoms with Gasteiger partial charge in [-0.25, -0.2) is 4.68 Å². The molecule has 1 heterocycles. The Morgan fingerprint density at radius 2 is 2.21 bits per heavy atom. The zero-order valence-electron chi connectivity index (χ0n) is 11.3. The quantitative estimate of drug-likeness (QED) is 0.708. The first-order chi connectivity index (χ1) is 9.28. The van der Waals surface area contributed by atoms with E-state index < -0.39 is 0 Å². The van der Waals surface area contributed by atoms with Crippen LogP contribution in [0, 0.1) is 0 Å². The highest BCUT2D eigenvalue weighted by molar-refractivity contribution is 5.75. The fourth-order valence-electron chi connectivity index (χ4n) is 2.47. The number of amides is 1. The zero-order valence-corrected chi connectivity index (χ0v) is 11.3. The molecule has 6 heteroatoms. The van der Waals surface area contributed by atoms with E-state index in [1.807, 2.05) is 6.20 Å². The smallest absolute Gasteiger partial charge is 0.242 e. The van der Waals surface area contributed by atoms with Crippen molar-refractivity contribution in [2.45, 2.75) is 57.5 Å². The van der Waals surface area contributed by atoms with Crippen molar-refractivity contribution in [2.75, 3.05) is 6.54 Å². The van der Waals surface area contributed by atoms with E-state index in [1.54, 1.807) is 4.68 Å². The standard InChI is InChI=1S/C13H23N5O/c14-8-4-3-7-12-9-18(17-16-12)10-13(19)15-11-5-1-2-6-11/h9,11H,1-8,10,14H2,(H,15,19). The van der Waals surface area contributed by atoms with Crippen LogP contribution in [0.15, 0.2) is 6.20 Å². The fraction of sp³-hybridized carbons (Fsp3) is 0.769. The number of nitrogens with two attached hydrogens (primary N) is 1. The largest absolute Gasteiger partial charge is 0.352 e. The molecule has 19 heavy (non-hydrogen) atoms. The van der Waals surface area contributed by atoms with Crippen LogP contribution in [-0.2, 0) is 17.8 Å². The molecule has 1 aliphatic rings. The number of aromatic nitrogens is 3. The Hall–Kier alpha value is -1.43. The number of carbonyl (C=O) groups is 1. The Kier molecular flexibility index (Phi) is 5.32. The van der Waals surface area contributed by atoms with Gasteiger partial charge in [0.2, 0.25) is 5.91 Å². The van der Waals surface area contributed by atoms with Gasteiger partial charge in [-0.05, 0) is 38.6 Å². The first-order valence-corrected chi connectivity index (χ1v) is 7.16. The van der Waals surface area contributed by atoms with Gasteiger partial charge in [0.1, 0.15) is 6.54 Å². The highest BCUT2D eigenvalue weighted by atomic mass is 16.2. The lowest BCUT2D eigenvalue weighted by atomic mass is 10.2. The van der Waals surface area contributed by atoms with Crippen LogP contribution in [0.3, 0.4) is 0 Å². The maximum Gasteiger partial charge on any atom is 0.242 e. The number of carbonyl (C=O) groups excluding carboxylic acids is 1. The summed E-state index contributed by atoms with van der Waals surface area (Å²) in [6.07, 6.45) is 9.39. The van der Waals surface area contributed by atoms with Gasteiger partial charge in [0.15, 0.2) is 0 Å². The molecule has 3 N–H and O–H groups in total. The fourth-order valence-corrected chi connectivity index (χ4v) is 2.47. The average Bonchev–Trinajstić information content (AvgIpc) is 3.02. The van der Waals surface area contributed by atoms with E-state index in [0.717, 1.165) is 37.8 Å². The van der Waals surface area contributed by atoms with Crippen molar-refractivity contribution in [2.24, 2.45) is 5.73 Å². The minimum Gasteiger partial charge on any atom is -0.352 e. The number of rotatable bonds is 7. The maximum atomic E-state index is 11.8. The Morgan fingerprint density at radius 3 is 2.95 bits per heavy atom. The molecule has 2 rings (SSSR count). The number of nitrogens with one attached hydrogen (secondary N) is 1. The summed E-state index contributed by atoms with van der Waals surface area (Å²) in [5, 5.41) is 11.1. The van der Waals surface area contributed by atoms with E-state index in [0.29, 0.717) is 12.6 Å². The number of hydrogen-bond donors (Lipinski definition) is 2. The average molecular weight is 265 g/mol. The number of nitrogens with zero attached hydrogens (tertiary/aromatic N) is 3. The molecule has 1 aromatic heterocycles. The molecule has 0 aromatic carbocycles. The van der Waals surface area contributed by atoms with Crippen LogP contribution >= 0.6 is 0 Å². The third-order valence-electron chi connectivity index (χ3n) is 3.50. The summed E-state index contributed by atoms with van der Waals surface area (Å²) in [5.74, 6) is 0.0327. The summed E-state index contributed by atoms with van der Waals surface area (Å²) in [4.78, 5) is 11.8. The summed E-state index contributed by atoms with van der Waals surface area (Å²) in [5.41, 5.74) is 6.38. The lowest BCUT2D eigenvalue weighted by Gasteiger charge is -2.11. The zero-order chi connectivity index (χ0) is 13.5. The van der Waals surface area contributed by atoms with Gasteiger partial charge in [0.25, 0.3) is 0 Å². The molecule has 0 radical (unpaired) electrons. The first kappa shape index (κ1) is 14.0. The van der Waals surface area contributed by atoms with E-state index >= 15 is 0 Å². The lowest BCUT2D eigenvalue weighted by Crippen LogP contribution is -2.35. The predicted molar refractivity (Wildman–Crippen MR) is 72.4 cm³/mol. The minimum atomic E-state index is 0.0327. The van der Waals surface area contributed by atoms with E-state index in [1.165, 1.54) is 12.8 Å². The molecule has 1 aromatic rings. The van der Waals surface area contributed by atoms with Crippen molar-refractivity contribution in [3.63, 3.8) is 0 Å². The summed E-state index contributed by atoms with van der Waals surface area (Å²) in [6.45, 7) is 0.971. The second-order valence-corrected chi connectivity index (χ2v) is 5.20. The number of hydrogen-bond acceptors (Lipinski definition) is 4. The molecule has 6 nitrogen and oxygen atoms in total. The molecule has 0 aliphatic heterocycles. The van der Waals surface area contributed by atoms with Gasteiger partial charge in [-0.3, -0.25) is 4.79 Å². The Morgan fingerprint density at radius 1 is 1.42 bits per heavy atom. The Balaban J connectivity index is 1.73. The van der Waals surface area contributed by atoms with Gasteiger partial charge in [-0.1, -0.05) is 18.1 Å². The van der Waals surface area contributed by atoms with Gasteiger partial charge in [0.05, 0.1) is 5.69 Å². The molecular weight excluding hydrogens is 242 g/mol. The molecule has 1 fully saturated rings. The third-order valence-corrected chi connectivity index (χ3v) is 3.50. The van der Waals surface area contributed by atoms with Crippen molar-refractivity contribution in [3.8, 4) is 0 Å². The van der Waals surface area contributed by atoms with Gasteiger partial charge >= 0.3 is 0 Å². The summed E-state index contributed by atoms with van der Waals surface area (Å²) >= 11 is 0. The highest BCUT2D eigenvalue weighted by Crippen LogP contribution is 2.17. The number of unbranched alkanes of at least 4 members (excludes halogenated alkanes) is 1. The van der Waals surface area contributed by atoms with Gasteiger partial charge in [0, 0.05) is 12.2 Å². The van der Waals surface area contributed by atoms with Crippen LogP contribution in [0.4, 0.5) is 0 Å². The Labute approximate surface area is 113 Å². The topological polar surface area (TPSA) is 85.8 Å². The molecule has 0 unspecified atom stereocenters. The van der Waals surface area contributed by atoms with Crippen molar-refractivity contribution in [1.29, 1.82) is 0 Å².